The van der Waals surface area contributed by atoms with Gasteiger partial charge in [0, 0.05) is 18.8 Å². The molecule has 0 aliphatic heterocycles. The van der Waals surface area contributed by atoms with Gasteiger partial charge in [0.05, 0.1) is 12.4 Å². The van der Waals surface area contributed by atoms with Crippen LogP contribution in [-0.4, -0.2) is 29.0 Å². The summed E-state index contributed by atoms with van der Waals surface area (Å²) in [7, 11) is 0. The molecule has 0 saturated carbocycles. The van der Waals surface area contributed by atoms with Crippen LogP contribution in [0.15, 0.2) is 36.7 Å². The van der Waals surface area contributed by atoms with Gasteiger partial charge in [-0.05, 0) is 32.9 Å². The van der Waals surface area contributed by atoms with Gasteiger partial charge in [0.1, 0.15) is 11.5 Å². The van der Waals surface area contributed by atoms with Gasteiger partial charge < -0.3 is 10.2 Å². The van der Waals surface area contributed by atoms with Gasteiger partial charge >= 0.3 is 0 Å². The minimum absolute atomic E-state index is 0.142. The fourth-order valence-electron chi connectivity index (χ4n) is 2.02. The predicted molar refractivity (Wildman–Crippen MR) is 84.7 cm³/mol. The summed E-state index contributed by atoms with van der Waals surface area (Å²) in [6.45, 7) is 7.30. The van der Waals surface area contributed by atoms with Crippen LogP contribution >= 0.6 is 0 Å². The zero-order valence-corrected chi connectivity index (χ0v) is 12.6. The summed E-state index contributed by atoms with van der Waals surface area (Å²) in [4.78, 5) is 22.6. The Kier molecular flexibility index (Phi) is 4.87. The Morgan fingerprint density at radius 2 is 1.86 bits per heavy atom. The van der Waals surface area contributed by atoms with E-state index in [1.54, 1.807) is 11.1 Å². The Balaban J connectivity index is 2.21. The lowest BCUT2D eigenvalue weighted by atomic mass is 10.2. The Bertz CT molecular complexity index is 593. The average Bonchev–Trinajstić information content (AvgIpc) is 2.51. The van der Waals surface area contributed by atoms with E-state index < -0.39 is 0 Å². The minimum Gasteiger partial charge on any atom is -0.369 e. The zero-order valence-electron chi connectivity index (χ0n) is 12.6. The number of aromatic nitrogens is 2. The van der Waals surface area contributed by atoms with Crippen LogP contribution in [0.25, 0.3) is 0 Å². The van der Waals surface area contributed by atoms with Crippen LogP contribution in [0.1, 0.15) is 29.9 Å². The molecular weight excluding hydrogens is 264 g/mol. The monoisotopic (exact) mass is 284 g/mol. The maximum Gasteiger partial charge on any atom is 0.278 e. The second-order valence-corrected chi connectivity index (χ2v) is 4.70. The van der Waals surface area contributed by atoms with Gasteiger partial charge in [-0.3, -0.25) is 4.79 Å². The van der Waals surface area contributed by atoms with Crippen LogP contribution < -0.4 is 10.2 Å². The zero-order chi connectivity index (χ0) is 15.2. The number of hydrogen-bond acceptors (Lipinski definition) is 4. The normalized spacial score (nSPS) is 10.2. The van der Waals surface area contributed by atoms with Crippen LogP contribution in [0.4, 0.5) is 11.5 Å². The maximum atomic E-state index is 12.5. The molecule has 1 aromatic carbocycles. The number of nitrogens with zero attached hydrogens (tertiary/aromatic N) is 3. The highest BCUT2D eigenvalue weighted by Gasteiger charge is 2.17. The summed E-state index contributed by atoms with van der Waals surface area (Å²) in [5, 5.41) is 3.06. The first-order valence-corrected chi connectivity index (χ1v) is 7.10. The molecule has 0 aliphatic carbocycles. The first kappa shape index (κ1) is 15.0. The van der Waals surface area contributed by atoms with Crippen molar-refractivity contribution in [3.8, 4) is 0 Å². The molecule has 1 aromatic heterocycles. The number of aryl methyl sites for hydroxylation is 1. The van der Waals surface area contributed by atoms with Gasteiger partial charge in [-0.1, -0.05) is 17.7 Å². The fraction of sp³-hybridized carbons (Fsp3) is 0.312. The minimum atomic E-state index is -0.142. The van der Waals surface area contributed by atoms with E-state index >= 15 is 0 Å². The molecule has 0 bridgehead atoms. The number of hydrogen-bond donors (Lipinski definition) is 1. The third-order valence-corrected chi connectivity index (χ3v) is 3.14. The Labute approximate surface area is 125 Å². The lowest BCUT2D eigenvalue weighted by Gasteiger charge is -2.20. The lowest BCUT2D eigenvalue weighted by Crippen LogP contribution is -2.31. The van der Waals surface area contributed by atoms with Crippen molar-refractivity contribution in [3.05, 3.63) is 47.9 Å². The number of amides is 1. The first-order valence-electron chi connectivity index (χ1n) is 7.10. The highest BCUT2D eigenvalue weighted by molar-refractivity contribution is 6.04. The van der Waals surface area contributed by atoms with Crippen molar-refractivity contribution in [3.63, 3.8) is 0 Å². The van der Waals surface area contributed by atoms with E-state index in [9.17, 15) is 4.79 Å². The molecule has 0 saturated heterocycles. The van der Waals surface area contributed by atoms with E-state index in [0.29, 0.717) is 18.1 Å². The van der Waals surface area contributed by atoms with Gasteiger partial charge in [-0.15, -0.1) is 0 Å². The van der Waals surface area contributed by atoms with Crippen LogP contribution in [0.3, 0.4) is 0 Å². The van der Waals surface area contributed by atoms with E-state index in [1.807, 2.05) is 45.0 Å². The van der Waals surface area contributed by atoms with Gasteiger partial charge in [-0.25, -0.2) is 9.97 Å². The van der Waals surface area contributed by atoms with E-state index in [2.05, 4.69) is 15.3 Å². The molecule has 5 nitrogen and oxygen atoms in total. The molecule has 2 aromatic rings. The van der Waals surface area contributed by atoms with Crippen molar-refractivity contribution in [2.24, 2.45) is 0 Å². The van der Waals surface area contributed by atoms with Crippen molar-refractivity contribution < 1.29 is 4.79 Å². The third kappa shape index (κ3) is 3.56. The maximum absolute atomic E-state index is 12.5. The molecule has 1 amide bonds. The molecule has 110 valence electrons. The first-order chi connectivity index (χ1) is 10.2. The molecule has 5 heteroatoms. The molecular formula is C16H20N4O. The number of carbonyl (C=O) groups excluding carboxylic acids is 1. The topological polar surface area (TPSA) is 58.1 Å². The smallest absolute Gasteiger partial charge is 0.278 e. The molecule has 0 fully saturated rings. The van der Waals surface area contributed by atoms with Crippen molar-refractivity contribution in [2.45, 2.75) is 20.8 Å². The lowest BCUT2D eigenvalue weighted by molar-refractivity contribution is 0.0983. The van der Waals surface area contributed by atoms with E-state index in [1.165, 1.54) is 6.20 Å². The number of nitrogens with one attached hydrogen (secondary N) is 1. The summed E-state index contributed by atoms with van der Waals surface area (Å²) in [5.41, 5.74) is 2.38. The Morgan fingerprint density at radius 3 is 2.38 bits per heavy atom. The van der Waals surface area contributed by atoms with E-state index in [-0.39, 0.29) is 5.91 Å². The molecule has 0 atom stereocenters. The average molecular weight is 284 g/mol. The quantitative estimate of drug-likeness (QED) is 0.917. The third-order valence-electron chi connectivity index (χ3n) is 3.14. The molecule has 21 heavy (non-hydrogen) atoms. The van der Waals surface area contributed by atoms with Gasteiger partial charge in [0.25, 0.3) is 5.91 Å². The summed E-state index contributed by atoms with van der Waals surface area (Å²) >= 11 is 0. The molecule has 0 unspecified atom stereocenters. The SMILES string of the molecule is CCNc1cnc(C(=O)N(CC)c2ccc(C)cc2)cn1. The molecule has 2 rings (SSSR count). The summed E-state index contributed by atoms with van der Waals surface area (Å²) in [6, 6.07) is 7.87. The fourth-order valence-corrected chi connectivity index (χ4v) is 2.02. The highest BCUT2D eigenvalue weighted by Crippen LogP contribution is 2.17. The van der Waals surface area contributed by atoms with E-state index in [4.69, 9.17) is 0 Å². The number of carbonyl (C=O) groups is 1. The summed E-state index contributed by atoms with van der Waals surface area (Å²) in [6.07, 6.45) is 3.09. The second-order valence-electron chi connectivity index (χ2n) is 4.70. The molecule has 0 radical (unpaired) electrons. The largest absolute Gasteiger partial charge is 0.369 e. The highest BCUT2D eigenvalue weighted by atomic mass is 16.2. The summed E-state index contributed by atoms with van der Waals surface area (Å²) < 4.78 is 0. The van der Waals surface area contributed by atoms with Crippen molar-refractivity contribution in [1.82, 2.24) is 9.97 Å². The molecule has 1 heterocycles. The van der Waals surface area contributed by atoms with Gasteiger partial charge in [-0.2, -0.15) is 0 Å². The van der Waals surface area contributed by atoms with Crippen LogP contribution in [0.5, 0.6) is 0 Å². The van der Waals surface area contributed by atoms with Crippen LogP contribution in [0, 0.1) is 6.92 Å². The number of benzene rings is 1. The van der Waals surface area contributed by atoms with Crippen LogP contribution in [0.2, 0.25) is 0 Å². The standard InChI is InChI=1S/C16H20N4O/c1-4-17-15-11-18-14(10-19-15)16(21)20(5-2)13-8-6-12(3)7-9-13/h6-11H,4-5H2,1-3H3,(H,17,19). The number of anilines is 2. The van der Waals surface area contributed by atoms with Crippen molar-refractivity contribution >= 4 is 17.4 Å². The molecule has 1 N–H and O–H groups in total. The van der Waals surface area contributed by atoms with Gasteiger partial charge in [0.15, 0.2) is 0 Å². The predicted octanol–water partition coefficient (Wildman–Crippen LogP) is 2.88. The van der Waals surface area contributed by atoms with Crippen molar-refractivity contribution in [1.29, 1.82) is 0 Å². The Morgan fingerprint density at radius 1 is 1.14 bits per heavy atom. The Hall–Kier alpha value is -2.43. The van der Waals surface area contributed by atoms with E-state index in [0.717, 1.165) is 17.8 Å². The second kappa shape index (κ2) is 6.83. The number of rotatable bonds is 5. The van der Waals surface area contributed by atoms with Gasteiger partial charge in [0.2, 0.25) is 0 Å². The van der Waals surface area contributed by atoms with Crippen LogP contribution in [-0.2, 0) is 0 Å². The molecule has 0 aliphatic rings. The molecule has 0 spiro atoms. The van der Waals surface area contributed by atoms with Crippen molar-refractivity contribution in [2.75, 3.05) is 23.3 Å². The summed E-state index contributed by atoms with van der Waals surface area (Å²) in [5.74, 6) is 0.532.